The fraction of sp³-hybridized carbons (Fsp3) is 0.286. The fourth-order valence-corrected chi connectivity index (χ4v) is 40.0. The van der Waals surface area contributed by atoms with Gasteiger partial charge in [-0.25, -0.2) is 0 Å². The predicted octanol–water partition coefficient (Wildman–Crippen LogP) is 14.0. The second-order valence-electron chi connectivity index (χ2n) is 20.7. The fourth-order valence-electron chi connectivity index (χ4n) is 11.6. The Labute approximate surface area is 370 Å². The van der Waals surface area contributed by atoms with Crippen LogP contribution >= 0.6 is 17.0 Å². The van der Waals surface area contributed by atoms with E-state index in [1.165, 1.54) is 114 Å². The topological polar surface area (TPSA) is 0 Å². The molecular formula is C56H59Cl2SiZr. The average molecular weight is 922 g/mol. The van der Waals surface area contributed by atoms with Crippen molar-refractivity contribution >= 4 is 52.3 Å². The molecule has 60 heavy (non-hydrogen) atoms. The van der Waals surface area contributed by atoms with Gasteiger partial charge in [0.15, 0.2) is 0 Å². The van der Waals surface area contributed by atoms with Crippen LogP contribution in [0.3, 0.4) is 0 Å². The third-order valence-corrected chi connectivity index (χ3v) is 36.5. The van der Waals surface area contributed by atoms with Crippen LogP contribution in [0.5, 0.6) is 0 Å². The first-order chi connectivity index (χ1) is 28.2. The van der Waals surface area contributed by atoms with Gasteiger partial charge in [0.1, 0.15) is 0 Å². The molecule has 305 valence electrons. The van der Waals surface area contributed by atoms with Crippen molar-refractivity contribution in [3.05, 3.63) is 170 Å². The third kappa shape index (κ3) is 6.45. The molecule has 0 fully saturated rings. The summed E-state index contributed by atoms with van der Waals surface area (Å²) in [6.07, 6.45) is 5.08. The molecule has 0 amide bonds. The zero-order valence-electron chi connectivity index (χ0n) is 37.6. The van der Waals surface area contributed by atoms with Crippen molar-refractivity contribution in [2.75, 3.05) is 0 Å². The van der Waals surface area contributed by atoms with E-state index >= 15 is 0 Å². The number of benzene rings is 6. The Morgan fingerprint density at radius 1 is 0.500 bits per heavy atom. The summed E-state index contributed by atoms with van der Waals surface area (Å²) >= 11 is -5.80. The Morgan fingerprint density at radius 2 is 0.933 bits per heavy atom. The molecule has 0 saturated carbocycles. The SMILES string of the molecule is Cc1cc(C)cc(-c2c(C)ccc3c2C=C(C(C)(C)C)[CH]3[Zr]([Cl])([Cl])([c]2cccc3c2[SiH2]c2ccccc2-3)[CH]2C(C(C)(C)C)=Cc3c2ccc(C)c3-c2cc(C)cc(C)c2)c1. The van der Waals surface area contributed by atoms with Gasteiger partial charge in [0.2, 0.25) is 0 Å². The first kappa shape index (κ1) is 41.8. The van der Waals surface area contributed by atoms with Crippen LogP contribution in [0, 0.1) is 52.4 Å². The van der Waals surface area contributed by atoms with Gasteiger partial charge in [-0.05, 0) is 0 Å². The van der Waals surface area contributed by atoms with Crippen LogP contribution in [0.25, 0.3) is 45.5 Å². The molecule has 3 aliphatic rings. The van der Waals surface area contributed by atoms with Crippen molar-refractivity contribution in [2.24, 2.45) is 10.8 Å². The van der Waals surface area contributed by atoms with Gasteiger partial charge in [-0.15, -0.1) is 0 Å². The Morgan fingerprint density at radius 3 is 1.38 bits per heavy atom. The van der Waals surface area contributed by atoms with Gasteiger partial charge in [0.05, 0.1) is 0 Å². The number of hydrogen-bond donors (Lipinski definition) is 0. The standard InChI is InChI=1S/2C22H25.C12H9Si.2ClH.Zr/c2*1-14-9-15(2)11-18(10-14)21-16(3)7-8-17-12-19(13-20(17)21)22(4,5)6;1-3-7-11-9(5-1)10-6-2-4-8-12(10)13-11;;;/h2*7-13H,1-6H3;1-7H,13H2;2*1H;/q;;;;;+2/p-2. The zero-order chi connectivity index (χ0) is 42.9. The molecule has 0 bridgehead atoms. The van der Waals surface area contributed by atoms with Gasteiger partial charge in [-0.2, -0.15) is 0 Å². The molecule has 0 radical (unpaired) electrons. The molecule has 9 rings (SSSR count). The van der Waals surface area contributed by atoms with Crippen LogP contribution in [-0.4, -0.2) is 9.52 Å². The normalized spacial score (nSPS) is 18.1. The number of halogens is 2. The van der Waals surface area contributed by atoms with Gasteiger partial charge >= 0.3 is 373 Å². The summed E-state index contributed by atoms with van der Waals surface area (Å²) in [4.78, 5) is 0. The third-order valence-electron chi connectivity index (χ3n) is 14.0. The van der Waals surface area contributed by atoms with Crippen molar-refractivity contribution < 1.29 is 16.4 Å². The molecule has 6 aromatic carbocycles. The molecule has 0 saturated heterocycles. The van der Waals surface area contributed by atoms with Gasteiger partial charge in [0, 0.05) is 0 Å². The molecule has 1 heterocycles. The summed E-state index contributed by atoms with van der Waals surface area (Å²) in [6.45, 7) is 27.7. The van der Waals surface area contributed by atoms with Crippen LogP contribution in [-0.2, 0) is 16.4 Å². The molecule has 2 aliphatic carbocycles. The first-order valence-corrected chi connectivity index (χ1v) is 33.6. The summed E-state index contributed by atoms with van der Waals surface area (Å²) < 4.78 is 0.960. The second-order valence-corrected chi connectivity index (χ2v) is 43.1. The number of fused-ring (bicyclic) bond motifs is 5. The summed E-state index contributed by atoms with van der Waals surface area (Å²) in [5.41, 5.74) is 23.0. The van der Waals surface area contributed by atoms with E-state index in [0.29, 0.717) is 0 Å². The van der Waals surface area contributed by atoms with Crippen molar-refractivity contribution in [3.63, 3.8) is 0 Å². The van der Waals surface area contributed by atoms with E-state index in [1.54, 1.807) is 0 Å². The Kier molecular flexibility index (Phi) is 9.93. The average Bonchev–Trinajstić information content (AvgIpc) is 3.87. The van der Waals surface area contributed by atoms with Gasteiger partial charge in [0.25, 0.3) is 0 Å². The molecule has 6 aromatic rings. The molecular weight excluding hydrogens is 863 g/mol. The molecule has 0 N–H and O–H groups in total. The van der Waals surface area contributed by atoms with E-state index in [9.17, 15) is 17.0 Å². The van der Waals surface area contributed by atoms with Crippen molar-refractivity contribution in [3.8, 4) is 33.4 Å². The van der Waals surface area contributed by atoms with E-state index in [2.05, 4.69) is 198 Å². The van der Waals surface area contributed by atoms with E-state index in [0.717, 1.165) is 0 Å². The van der Waals surface area contributed by atoms with Crippen LogP contribution in [0.4, 0.5) is 0 Å². The summed E-state index contributed by atoms with van der Waals surface area (Å²) in [6, 6.07) is 39.6. The number of hydrogen-bond acceptors (Lipinski definition) is 0. The van der Waals surface area contributed by atoms with Crippen molar-refractivity contribution in [2.45, 2.75) is 90.3 Å². The molecule has 0 aromatic heterocycles. The van der Waals surface area contributed by atoms with Crippen molar-refractivity contribution in [1.29, 1.82) is 0 Å². The van der Waals surface area contributed by atoms with Gasteiger partial charge in [-0.1, -0.05) is 0 Å². The molecule has 4 heteroatoms. The first-order valence-electron chi connectivity index (χ1n) is 21.8. The van der Waals surface area contributed by atoms with Crippen LogP contribution in [0.15, 0.2) is 114 Å². The molecule has 0 nitrogen and oxygen atoms in total. The Hall–Kier alpha value is -3.52. The zero-order valence-corrected chi connectivity index (χ0v) is 43.0. The molecule has 0 spiro atoms. The quantitative estimate of drug-likeness (QED) is 0.151. The molecule has 2 atom stereocenters. The van der Waals surface area contributed by atoms with E-state index in [-0.39, 0.29) is 18.1 Å². The minimum absolute atomic E-state index is 0.160. The van der Waals surface area contributed by atoms with E-state index in [4.69, 9.17) is 0 Å². The van der Waals surface area contributed by atoms with Gasteiger partial charge in [-0.3, -0.25) is 0 Å². The monoisotopic (exact) mass is 919 g/mol. The van der Waals surface area contributed by atoms with Gasteiger partial charge < -0.3 is 0 Å². The summed E-state index contributed by atoms with van der Waals surface area (Å²) in [5, 5.41) is 2.95. The van der Waals surface area contributed by atoms with E-state index in [1.807, 2.05) is 0 Å². The van der Waals surface area contributed by atoms with Crippen LogP contribution < -0.4 is 13.6 Å². The summed E-state index contributed by atoms with van der Waals surface area (Å²) in [7, 11) is 18.1. The maximum absolute atomic E-state index is 9.51. The molecule has 1 aliphatic heterocycles. The summed E-state index contributed by atoms with van der Waals surface area (Å²) in [5.74, 6) is 0. The Bertz CT molecular complexity index is 2690. The molecule has 2 unspecified atom stereocenters. The van der Waals surface area contributed by atoms with Crippen LogP contribution in [0.1, 0.15) is 104 Å². The van der Waals surface area contributed by atoms with E-state index < -0.39 is 25.9 Å². The van der Waals surface area contributed by atoms with Crippen LogP contribution in [0.2, 0.25) is 0 Å². The number of allylic oxidation sites excluding steroid dienone is 2. The second kappa shape index (κ2) is 14.3. The Balaban J connectivity index is 1.43. The predicted molar refractivity (Wildman–Crippen MR) is 264 cm³/mol. The minimum atomic E-state index is -5.80. The number of rotatable bonds is 5. The maximum atomic E-state index is 9.51. The number of aryl methyl sites for hydroxylation is 6. The van der Waals surface area contributed by atoms with Crippen molar-refractivity contribution in [1.82, 2.24) is 0 Å².